The van der Waals surface area contributed by atoms with Gasteiger partial charge in [0.1, 0.15) is 34.7 Å². The Morgan fingerprint density at radius 2 is 1.89 bits per heavy atom. The molecule has 0 aliphatic carbocycles. The number of carbonyl (C=O) groups excluding carboxylic acids is 1. The van der Waals surface area contributed by atoms with Crippen LogP contribution in [0.15, 0.2) is 23.0 Å². The molecule has 8 nitrogen and oxygen atoms in total. The zero-order chi connectivity index (χ0) is 20.6. The Morgan fingerprint density at radius 3 is 2.50 bits per heavy atom. The van der Waals surface area contributed by atoms with Gasteiger partial charge in [-0.1, -0.05) is 18.2 Å². The predicted molar refractivity (Wildman–Crippen MR) is 102 cm³/mol. The van der Waals surface area contributed by atoms with Crippen LogP contribution >= 0.6 is 0 Å². The lowest BCUT2D eigenvalue weighted by Crippen LogP contribution is -2.33. The standard InChI is InChI=1S/C20H19N5O3/c1-20(2,3)28-19(27)25-9-11-5-4-6-12(15(11)10-25)16-13(7-21)17(23)24-18(26)14(16)8-22/h4-6H,9-10H2,1-3H3,(H3,23,24,26). The van der Waals surface area contributed by atoms with Crippen molar-refractivity contribution in [2.75, 3.05) is 5.73 Å². The van der Waals surface area contributed by atoms with Crippen molar-refractivity contribution in [1.82, 2.24) is 9.88 Å². The Morgan fingerprint density at radius 1 is 1.21 bits per heavy atom. The number of aromatic nitrogens is 1. The molecule has 0 radical (unpaired) electrons. The van der Waals surface area contributed by atoms with Crippen LogP contribution in [-0.2, 0) is 17.8 Å². The third kappa shape index (κ3) is 3.28. The van der Waals surface area contributed by atoms with Crippen LogP contribution in [0.3, 0.4) is 0 Å². The number of anilines is 1. The number of pyridine rings is 1. The smallest absolute Gasteiger partial charge is 0.410 e. The second-order valence-electron chi connectivity index (χ2n) is 7.50. The van der Waals surface area contributed by atoms with Crippen molar-refractivity contribution in [3.8, 4) is 23.3 Å². The summed E-state index contributed by atoms with van der Waals surface area (Å²) in [5.41, 5.74) is 6.71. The van der Waals surface area contributed by atoms with E-state index in [1.54, 1.807) is 32.9 Å². The number of nitrogens with two attached hydrogens (primary N) is 1. The average molecular weight is 377 g/mol. The summed E-state index contributed by atoms with van der Waals surface area (Å²) in [6.45, 7) is 5.94. The third-order valence-corrected chi connectivity index (χ3v) is 4.37. The van der Waals surface area contributed by atoms with Crippen molar-refractivity contribution >= 4 is 11.9 Å². The van der Waals surface area contributed by atoms with Gasteiger partial charge in [-0.15, -0.1) is 0 Å². The number of nitrogen functional groups attached to an aromatic ring is 1. The highest BCUT2D eigenvalue weighted by atomic mass is 16.6. The number of carbonyl (C=O) groups is 1. The summed E-state index contributed by atoms with van der Waals surface area (Å²) in [7, 11) is 0. The molecule has 1 aliphatic heterocycles. The van der Waals surface area contributed by atoms with E-state index in [-0.39, 0.29) is 29.1 Å². The highest BCUT2D eigenvalue weighted by molar-refractivity contribution is 5.83. The molecule has 3 rings (SSSR count). The molecule has 0 fully saturated rings. The number of H-pyrrole nitrogens is 1. The second kappa shape index (κ2) is 6.75. The monoisotopic (exact) mass is 377 g/mol. The quantitative estimate of drug-likeness (QED) is 0.784. The lowest BCUT2D eigenvalue weighted by Gasteiger charge is -2.24. The van der Waals surface area contributed by atoms with Gasteiger partial charge in [-0.3, -0.25) is 9.69 Å². The fourth-order valence-corrected chi connectivity index (χ4v) is 3.22. The first kappa shape index (κ1) is 19.0. The molecule has 0 unspecified atom stereocenters. The molecule has 2 aromatic rings. The van der Waals surface area contributed by atoms with Crippen molar-refractivity contribution in [2.24, 2.45) is 0 Å². The largest absolute Gasteiger partial charge is 0.444 e. The fourth-order valence-electron chi connectivity index (χ4n) is 3.22. The van der Waals surface area contributed by atoms with Crippen molar-refractivity contribution in [3.05, 3.63) is 50.8 Å². The molecule has 8 heteroatoms. The van der Waals surface area contributed by atoms with Crippen LogP contribution in [0, 0.1) is 22.7 Å². The van der Waals surface area contributed by atoms with Crippen molar-refractivity contribution in [2.45, 2.75) is 39.5 Å². The van der Waals surface area contributed by atoms with Crippen molar-refractivity contribution in [3.63, 3.8) is 0 Å². The first-order valence-electron chi connectivity index (χ1n) is 8.61. The molecule has 0 saturated heterocycles. The van der Waals surface area contributed by atoms with E-state index in [0.29, 0.717) is 12.1 Å². The van der Waals surface area contributed by atoms with Gasteiger partial charge in [-0.2, -0.15) is 10.5 Å². The number of fused-ring (bicyclic) bond motifs is 1. The number of amides is 1. The van der Waals surface area contributed by atoms with Gasteiger partial charge < -0.3 is 15.5 Å². The van der Waals surface area contributed by atoms with Crippen LogP contribution in [0.5, 0.6) is 0 Å². The van der Waals surface area contributed by atoms with Gasteiger partial charge in [-0.25, -0.2) is 4.79 Å². The van der Waals surface area contributed by atoms with E-state index in [9.17, 15) is 20.1 Å². The average Bonchev–Trinajstić information content (AvgIpc) is 3.04. The molecule has 0 spiro atoms. The van der Waals surface area contributed by atoms with E-state index in [1.165, 1.54) is 4.90 Å². The molecule has 2 heterocycles. The van der Waals surface area contributed by atoms with Gasteiger partial charge in [0.2, 0.25) is 0 Å². The molecule has 0 atom stereocenters. The van der Waals surface area contributed by atoms with Crippen LogP contribution in [0.2, 0.25) is 0 Å². The Balaban J connectivity index is 2.13. The maximum Gasteiger partial charge on any atom is 0.410 e. The van der Waals surface area contributed by atoms with Gasteiger partial charge in [0, 0.05) is 12.1 Å². The summed E-state index contributed by atoms with van der Waals surface area (Å²) < 4.78 is 5.43. The molecule has 1 aromatic heterocycles. The van der Waals surface area contributed by atoms with Crippen LogP contribution in [-0.4, -0.2) is 21.6 Å². The maximum absolute atomic E-state index is 12.5. The third-order valence-electron chi connectivity index (χ3n) is 4.37. The molecule has 3 N–H and O–H groups in total. The van der Waals surface area contributed by atoms with Gasteiger partial charge in [0.25, 0.3) is 5.56 Å². The Hall–Kier alpha value is -3.78. The SMILES string of the molecule is CC(C)(C)OC(=O)N1Cc2cccc(-c3c(C#N)c(N)[nH]c(=O)c3C#N)c2C1. The molecule has 0 saturated carbocycles. The van der Waals surface area contributed by atoms with Crippen LogP contribution in [0.4, 0.5) is 10.6 Å². The highest BCUT2D eigenvalue weighted by Crippen LogP contribution is 2.36. The number of ether oxygens (including phenoxy) is 1. The van der Waals surface area contributed by atoms with E-state index in [0.717, 1.165) is 11.1 Å². The fraction of sp³-hybridized carbons (Fsp3) is 0.300. The van der Waals surface area contributed by atoms with Gasteiger partial charge in [-0.05, 0) is 37.5 Å². The van der Waals surface area contributed by atoms with Gasteiger partial charge >= 0.3 is 6.09 Å². The second-order valence-corrected chi connectivity index (χ2v) is 7.50. The van der Waals surface area contributed by atoms with E-state index in [1.807, 2.05) is 18.2 Å². The summed E-state index contributed by atoms with van der Waals surface area (Å²) in [6, 6.07) is 9.16. The number of benzene rings is 1. The Kier molecular flexibility index (Phi) is 4.58. The van der Waals surface area contributed by atoms with E-state index in [2.05, 4.69) is 4.98 Å². The first-order valence-corrected chi connectivity index (χ1v) is 8.61. The Bertz CT molecular complexity index is 1110. The highest BCUT2D eigenvalue weighted by Gasteiger charge is 2.31. The summed E-state index contributed by atoms with van der Waals surface area (Å²) in [6.07, 6.45) is -0.457. The normalized spacial score (nSPS) is 12.8. The zero-order valence-electron chi connectivity index (χ0n) is 15.8. The number of rotatable bonds is 1. The van der Waals surface area contributed by atoms with Gasteiger partial charge in [0.15, 0.2) is 0 Å². The van der Waals surface area contributed by atoms with Crippen molar-refractivity contribution in [1.29, 1.82) is 10.5 Å². The zero-order valence-corrected chi connectivity index (χ0v) is 15.8. The van der Waals surface area contributed by atoms with Crippen LogP contribution < -0.4 is 11.3 Å². The summed E-state index contributed by atoms with van der Waals surface area (Å²) in [5, 5.41) is 19.0. The predicted octanol–water partition coefficient (Wildman–Crippen LogP) is 2.62. The minimum Gasteiger partial charge on any atom is -0.444 e. The lowest BCUT2D eigenvalue weighted by atomic mass is 9.91. The van der Waals surface area contributed by atoms with E-state index < -0.39 is 17.3 Å². The van der Waals surface area contributed by atoms with Crippen LogP contribution in [0.25, 0.3) is 11.1 Å². The molecule has 1 aliphatic rings. The molecule has 1 aromatic carbocycles. The number of hydrogen-bond donors (Lipinski definition) is 2. The molecular formula is C20H19N5O3. The number of nitrogens with zero attached hydrogens (tertiary/aromatic N) is 3. The van der Waals surface area contributed by atoms with Crippen molar-refractivity contribution < 1.29 is 9.53 Å². The number of nitrogens with one attached hydrogen (secondary N) is 1. The molecule has 28 heavy (non-hydrogen) atoms. The van der Waals surface area contributed by atoms with E-state index >= 15 is 0 Å². The first-order chi connectivity index (χ1) is 13.2. The summed E-state index contributed by atoms with van der Waals surface area (Å²) in [5.74, 6) is -0.0962. The summed E-state index contributed by atoms with van der Waals surface area (Å²) in [4.78, 5) is 28.5. The topological polar surface area (TPSA) is 136 Å². The minimum absolute atomic E-state index is 0.0280. The summed E-state index contributed by atoms with van der Waals surface area (Å²) >= 11 is 0. The molecule has 142 valence electrons. The Labute approximate surface area is 161 Å². The molecule has 0 bridgehead atoms. The maximum atomic E-state index is 12.5. The van der Waals surface area contributed by atoms with Gasteiger partial charge in [0.05, 0.1) is 6.54 Å². The number of aromatic amines is 1. The van der Waals surface area contributed by atoms with E-state index in [4.69, 9.17) is 10.5 Å². The number of nitriles is 2. The molecule has 1 amide bonds. The molecular weight excluding hydrogens is 358 g/mol. The van der Waals surface area contributed by atoms with Crippen LogP contribution in [0.1, 0.15) is 43.0 Å². The lowest BCUT2D eigenvalue weighted by molar-refractivity contribution is 0.0242. The number of hydrogen-bond acceptors (Lipinski definition) is 6. The minimum atomic E-state index is -0.659.